The van der Waals surface area contributed by atoms with Crippen molar-refractivity contribution in [3.05, 3.63) is 30.7 Å². The molecule has 0 spiro atoms. The van der Waals surface area contributed by atoms with E-state index in [-0.39, 0.29) is 0 Å². The summed E-state index contributed by atoms with van der Waals surface area (Å²) in [6.45, 7) is 0. The van der Waals surface area contributed by atoms with Gasteiger partial charge in [0.1, 0.15) is 0 Å². The number of hydrogen-bond donors (Lipinski definition) is 3. The molecule has 2 aromatic heterocycles. The Balaban J connectivity index is 2.45. The largest absolute Gasteiger partial charge is 0.397 e. The molecule has 0 aliphatic rings. The van der Waals surface area contributed by atoms with Gasteiger partial charge in [-0.05, 0) is 12.1 Å². The first-order chi connectivity index (χ1) is 5.36. The minimum Gasteiger partial charge on any atom is -0.397 e. The van der Waals surface area contributed by atoms with Crippen molar-refractivity contribution in [2.75, 3.05) is 5.73 Å². The van der Waals surface area contributed by atoms with Gasteiger partial charge in [-0.25, -0.2) is 0 Å². The molecule has 4 N–H and O–H groups in total. The highest BCUT2D eigenvalue weighted by molar-refractivity contribution is 5.63. The smallest absolute Gasteiger partial charge is 0.0498 e. The van der Waals surface area contributed by atoms with E-state index >= 15 is 0 Å². The first-order valence-electron chi connectivity index (χ1n) is 3.43. The summed E-state index contributed by atoms with van der Waals surface area (Å²) in [6.07, 6.45) is 5.58. The molecule has 0 atom stereocenters. The topological polar surface area (TPSA) is 57.6 Å². The fourth-order valence-electron chi connectivity index (χ4n) is 1.07. The Labute approximate surface area is 64.2 Å². The van der Waals surface area contributed by atoms with E-state index in [0.717, 1.165) is 16.9 Å². The molecule has 0 aromatic carbocycles. The van der Waals surface area contributed by atoms with Crippen molar-refractivity contribution in [2.45, 2.75) is 0 Å². The van der Waals surface area contributed by atoms with Crippen molar-refractivity contribution >= 4 is 5.69 Å². The fraction of sp³-hybridized carbons (Fsp3) is 0. The van der Waals surface area contributed by atoms with Gasteiger partial charge in [-0.15, -0.1) is 0 Å². The third-order valence-corrected chi connectivity index (χ3v) is 1.61. The third kappa shape index (κ3) is 1.00. The van der Waals surface area contributed by atoms with E-state index in [4.69, 9.17) is 5.73 Å². The molecule has 0 aliphatic heterocycles. The van der Waals surface area contributed by atoms with Crippen LogP contribution in [0.25, 0.3) is 11.3 Å². The summed E-state index contributed by atoms with van der Waals surface area (Å²) in [5.74, 6) is 0. The standard InChI is InChI=1S/C8H9N3/c9-7-3-8(11-5-7)6-1-2-10-4-6/h1-5,10-11H,9H2. The van der Waals surface area contributed by atoms with Gasteiger partial charge in [0, 0.05) is 35.5 Å². The molecule has 3 heteroatoms. The number of anilines is 1. The van der Waals surface area contributed by atoms with Crippen LogP contribution in [0.1, 0.15) is 0 Å². The zero-order valence-electron chi connectivity index (χ0n) is 5.96. The van der Waals surface area contributed by atoms with Crippen molar-refractivity contribution in [3.63, 3.8) is 0 Å². The lowest BCUT2D eigenvalue weighted by Gasteiger charge is -1.87. The van der Waals surface area contributed by atoms with E-state index in [1.807, 2.05) is 24.5 Å². The average Bonchev–Trinajstić information content (AvgIpc) is 2.55. The van der Waals surface area contributed by atoms with Crippen molar-refractivity contribution in [1.29, 1.82) is 0 Å². The molecule has 0 radical (unpaired) electrons. The van der Waals surface area contributed by atoms with Gasteiger partial charge < -0.3 is 15.7 Å². The van der Waals surface area contributed by atoms with Crippen LogP contribution in [0.2, 0.25) is 0 Å². The van der Waals surface area contributed by atoms with Gasteiger partial charge in [0.15, 0.2) is 0 Å². The van der Waals surface area contributed by atoms with E-state index in [1.165, 1.54) is 0 Å². The van der Waals surface area contributed by atoms with Crippen molar-refractivity contribution in [2.24, 2.45) is 0 Å². The molecule has 11 heavy (non-hydrogen) atoms. The number of nitrogens with one attached hydrogen (secondary N) is 2. The van der Waals surface area contributed by atoms with E-state index in [1.54, 1.807) is 6.20 Å². The molecule has 0 fully saturated rings. The lowest BCUT2D eigenvalue weighted by Crippen LogP contribution is -1.75. The number of aromatic amines is 2. The molecule has 0 bridgehead atoms. The highest BCUT2D eigenvalue weighted by Crippen LogP contribution is 2.18. The monoisotopic (exact) mass is 147 g/mol. The highest BCUT2D eigenvalue weighted by Gasteiger charge is 1.98. The zero-order chi connectivity index (χ0) is 7.68. The summed E-state index contributed by atoms with van der Waals surface area (Å²) in [5.41, 5.74) is 8.48. The predicted octanol–water partition coefficient (Wildman–Crippen LogP) is 1.59. The predicted molar refractivity (Wildman–Crippen MR) is 45.0 cm³/mol. The first kappa shape index (κ1) is 6.09. The molecule has 2 heterocycles. The Morgan fingerprint density at radius 2 is 2.18 bits per heavy atom. The molecule has 2 aromatic rings. The molecule has 0 saturated heterocycles. The Morgan fingerprint density at radius 3 is 2.73 bits per heavy atom. The van der Waals surface area contributed by atoms with Crippen LogP contribution in [0.3, 0.4) is 0 Å². The maximum atomic E-state index is 5.54. The zero-order valence-corrected chi connectivity index (χ0v) is 5.96. The second-order valence-corrected chi connectivity index (χ2v) is 2.45. The minimum atomic E-state index is 0.765. The third-order valence-electron chi connectivity index (χ3n) is 1.61. The van der Waals surface area contributed by atoms with Gasteiger partial charge in [-0.3, -0.25) is 0 Å². The second kappa shape index (κ2) is 2.20. The minimum absolute atomic E-state index is 0.765. The summed E-state index contributed by atoms with van der Waals surface area (Å²) in [7, 11) is 0. The van der Waals surface area contributed by atoms with Crippen LogP contribution in [0, 0.1) is 0 Å². The fourth-order valence-corrected chi connectivity index (χ4v) is 1.07. The normalized spacial score (nSPS) is 10.2. The number of rotatable bonds is 1. The van der Waals surface area contributed by atoms with Gasteiger partial charge in [-0.1, -0.05) is 0 Å². The van der Waals surface area contributed by atoms with Crippen LogP contribution in [0.4, 0.5) is 5.69 Å². The lowest BCUT2D eigenvalue weighted by molar-refractivity contribution is 1.38. The van der Waals surface area contributed by atoms with Gasteiger partial charge in [0.05, 0.1) is 0 Å². The summed E-state index contributed by atoms with van der Waals surface area (Å²) in [4.78, 5) is 6.04. The van der Waals surface area contributed by atoms with Crippen LogP contribution >= 0.6 is 0 Å². The number of hydrogen-bond acceptors (Lipinski definition) is 1. The number of aromatic nitrogens is 2. The average molecular weight is 147 g/mol. The van der Waals surface area contributed by atoms with Crippen LogP contribution < -0.4 is 5.73 Å². The first-order valence-corrected chi connectivity index (χ1v) is 3.43. The quantitative estimate of drug-likeness (QED) is 0.563. The summed E-state index contributed by atoms with van der Waals surface area (Å²) < 4.78 is 0. The van der Waals surface area contributed by atoms with Crippen LogP contribution in [0.5, 0.6) is 0 Å². The van der Waals surface area contributed by atoms with E-state index in [0.29, 0.717) is 0 Å². The SMILES string of the molecule is Nc1c[nH]c(-c2cc[nH]c2)c1. The van der Waals surface area contributed by atoms with Gasteiger partial charge in [0.25, 0.3) is 0 Å². The molecular formula is C8H9N3. The summed E-state index contributed by atoms with van der Waals surface area (Å²) in [5, 5.41) is 0. The van der Waals surface area contributed by atoms with E-state index in [2.05, 4.69) is 9.97 Å². The van der Waals surface area contributed by atoms with E-state index < -0.39 is 0 Å². The second-order valence-electron chi connectivity index (χ2n) is 2.45. The molecular weight excluding hydrogens is 138 g/mol. The van der Waals surface area contributed by atoms with Gasteiger partial charge >= 0.3 is 0 Å². The number of nitrogens with two attached hydrogens (primary N) is 1. The van der Waals surface area contributed by atoms with Crippen molar-refractivity contribution < 1.29 is 0 Å². The van der Waals surface area contributed by atoms with Crippen molar-refractivity contribution in [1.82, 2.24) is 9.97 Å². The molecule has 0 saturated carbocycles. The maximum Gasteiger partial charge on any atom is 0.0498 e. The molecule has 3 nitrogen and oxygen atoms in total. The Bertz CT molecular complexity index is 332. The van der Waals surface area contributed by atoms with Crippen LogP contribution in [-0.2, 0) is 0 Å². The molecule has 2 rings (SSSR count). The van der Waals surface area contributed by atoms with Crippen LogP contribution in [0.15, 0.2) is 30.7 Å². The van der Waals surface area contributed by atoms with Crippen LogP contribution in [-0.4, -0.2) is 9.97 Å². The summed E-state index contributed by atoms with van der Waals surface area (Å²) in [6, 6.07) is 3.90. The lowest BCUT2D eigenvalue weighted by atomic mass is 10.2. The molecule has 0 aliphatic carbocycles. The Hall–Kier alpha value is -1.64. The van der Waals surface area contributed by atoms with Gasteiger partial charge in [0.2, 0.25) is 0 Å². The number of nitrogen functional groups attached to an aromatic ring is 1. The van der Waals surface area contributed by atoms with E-state index in [9.17, 15) is 0 Å². The highest BCUT2D eigenvalue weighted by atomic mass is 14.7. The van der Waals surface area contributed by atoms with Gasteiger partial charge in [-0.2, -0.15) is 0 Å². The summed E-state index contributed by atoms with van der Waals surface area (Å²) >= 11 is 0. The number of H-pyrrole nitrogens is 2. The Morgan fingerprint density at radius 1 is 1.27 bits per heavy atom. The maximum absolute atomic E-state index is 5.54. The molecule has 0 unspecified atom stereocenters. The Kier molecular flexibility index (Phi) is 1.22. The molecule has 0 amide bonds. The van der Waals surface area contributed by atoms with Crippen molar-refractivity contribution in [3.8, 4) is 11.3 Å². The molecule has 56 valence electrons.